The summed E-state index contributed by atoms with van der Waals surface area (Å²) in [5.41, 5.74) is 3.03. The molecule has 3 nitrogen and oxygen atoms in total. The molecule has 1 rings (SSSR count). The summed E-state index contributed by atoms with van der Waals surface area (Å²) in [4.78, 5) is 11.6. The minimum absolute atomic E-state index is 0.110. The predicted octanol–water partition coefficient (Wildman–Crippen LogP) is 2.79. The lowest BCUT2D eigenvalue weighted by Crippen LogP contribution is -2.15. The van der Waals surface area contributed by atoms with Gasteiger partial charge in [0, 0.05) is 12.1 Å². The molecule has 0 heterocycles. The fraction of sp³-hybridized carbons (Fsp3) is 0.385. The zero-order chi connectivity index (χ0) is 12.1. The van der Waals surface area contributed by atoms with Crippen molar-refractivity contribution in [2.45, 2.75) is 27.2 Å². The number of amides is 1. The highest BCUT2D eigenvalue weighted by molar-refractivity contribution is 5.91. The number of nitriles is 1. The third-order valence-corrected chi connectivity index (χ3v) is 2.37. The number of nitrogens with one attached hydrogen (secondary N) is 1. The van der Waals surface area contributed by atoms with Crippen molar-refractivity contribution >= 4 is 11.6 Å². The highest BCUT2D eigenvalue weighted by Gasteiger charge is 2.09. The van der Waals surface area contributed by atoms with E-state index in [1.807, 2.05) is 38.1 Å². The number of carbonyl (C=O) groups is 1. The summed E-state index contributed by atoms with van der Waals surface area (Å²) in [5.74, 6) is -0.355. The van der Waals surface area contributed by atoms with Gasteiger partial charge in [-0.2, -0.15) is 5.26 Å². The van der Waals surface area contributed by atoms with Gasteiger partial charge in [-0.3, -0.25) is 4.79 Å². The molecule has 1 aromatic rings. The standard InChI is InChI=1S/C13H16N2O/c1-9-4-5-12(11(3)6-9)15-13(16)7-10(2)8-14/h4-6,10H,7H2,1-3H3,(H,15,16). The van der Waals surface area contributed by atoms with E-state index in [4.69, 9.17) is 5.26 Å². The first kappa shape index (κ1) is 12.3. The molecular weight excluding hydrogens is 200 g/mol. The quantitative estimate of drug-likeness (QED) is 0.844. The molecule has 1 amide bonds. The summed E-state index contributed by atoms with van der Waals surface area (Å²) < 4.78 is 0. The number of hydrogen-bond donors (Lipinski definition) is 1. The average Bonchev–Trinajstić information content (AvgIpc) is 2.22. The second-order valence-electron chi connectivity index (χ2n) is 4.10. The SMILES string of the molecule is Cc1ccc(NC(=O)CC(C)C#N)c(C)c1. The second-order valence-corrected chi connectivity index (χ2v) is 4.10. The van der Waals surface area contributed by atoms with Crippen LogP contribution in [-0.4, -0.2) is 5.91 Å². The van der Waals surface area contributed by atoms with Crippen LogP contribution in [0.1, 0.15) is 24.5 Å². The van der Waals surface area contributed by atoms with Crippen molar-refractivity contribution in [3.63, 3.8) is 0 Å². The molecule has 1 unspecified atom stereocenters. The molecule has 0 aromatic heterocycles. The number of aryl methyl sites for hydroxylation is 2. The monoisotopic (exact) mass is 216 g/mol. The van der Waals surface area contributed by atoms with Gasteiger partial charge < -0.3 is 5.32 Å². The Kier molecular flexibility index (Phi) is 4.07. The highest BCUT2D eigenvalue weighted by atomic mass is 16.1. The molecule has 0 spiro atoms. The Morgan fingerprint density at radius 3 is 2.75 bits per heavy atom. The summed E-state index contributed by atoms with van der Waals surface area (Å²) in [6.07, 6.45) is 0.240. The molecule has 0 aliphatic carbocycles. The van der Waals surface area contributed by atoms with Gasteiger partial charge in [-0.15, -0.1) is 0 Å². The van der Waals surface area contributed by atoms with Gasteiger partial charge in [0.1, 0.15) is 0 Å². The maximum atomic E-state index is 11.6. The van der Waals surface area contributed by atoms with E-state index in [9.17, 15) is 4.79 Å². The topological polar surface area (TPSA) is 52.9 Å². The Hall–Kier alpha value is -1.82. The lowest BCUT2D eigenvalue weighted by molar-refractivity contribution is -0.116. The van der Waals surface area contributed by atoms with Gasteiger partial charge >= 0.3 is 0 Å². The Morgan fingerprint density at radius 1 is 1.50 bits per heavy atom. The van der Waals surface area contributed by atoms with Crippen molar-refractivity contribution in [1.29, 1.82) is 5.26 Å². The third-order valence-electron chi connectivity index (χ3n) is 2.37. The highest BCUT2D eigenvalue weighted by Crippen LogP contribution is 2.16. The van der Waals surface area contributed by atoms with Crippen LogP contribution < -0.4 is 5.32 Å². The van der Waals surface area contributed by atoms with Crippen LogP contribution in [0.2, 0.25) is 0 Å². The molecule has 1 atom stereocenters. The third kappa shape index (κ3) is 3.39. The first-order valence-electron chi connectivity index (χ1n) is 5.29. The van der Waals surface area contributed by atoms with Crippen LogP contribution in [0.4, 0.5) is 5.69 Å². The average molecular weight is 216 g/mol. The van der Waals surface area contributed by atoms with Gasteiger partial charge in [0.05, 0.1) is 12.0 Å². The maximum absolute atomic E-state index is 11.6. The lowest BCUT2D eigenvalue weighted by Gasteiger charge is -2.09. The van der Waals surface area contributed by atoms with Crippen LogP contribution in [0.25, 0.3) is 0 Å². The fourth-order valence-corrected chi connectivity index (χ4v) is 1.48. The smallest absolute Gasteiger partial charge is 0.225 e. The minimum Gasteiger partial charge on any atom is -0.326 e. The van der Waals surface area contributed by atoms with E-state index in [0.717, 1.165) is 11.3 Å². The fourth-order valence-electron chi connectivity index (χ4n) is 1.48. The Balaban J connectivity index is 2.67. The van der Waals surface area contributed by atoms with Crippen LogP contribution in [0.5, 0.6) is 0 Å². The van der Waals surface area contributed by atoms with E-state index in [1.54, 1.807) is 6.92 Å². The van der Waals surface area contributed by atoms with Gasteiger partial charge in [0.15, 0.2) is 0 Å². The lowest BCUT2D eigenvalue weighted by atomic mass is 10.1. The van der Waals surface area contributed by atoms with Crippen molar-refractivity contribution in [1.82, 2.24) is 0 Å². The van der Waals surface area contributed by atoms with Crippen molar-refractivity contribution < 1.29 is 4.79 Å². The molecule has 84 valence electrons. The van der Waals surface area contributed by atoms with Crippen molar-refractivity contribution in [2.24, 2.45) is 5.92 Å². The summed E-state index contributed by atoms with van der Waals surface area (Å²) in [5, 5.41) is 11.4. The van der Waals surface area contributed by atoms with Gasteiger partial charge in [-0.05, 0) is 32.4 Å². The first-order valence-corrected chi connectivity index (χ1v) is 5.29. The molecule has 1 aromatic carbocycles. The van der Waals surface area contributed by atoms with Crippen LogP contribution in [0, 0.1) is 31.1 Å². The molecule has 0 aliphatic heterocycles. The summed E-state index contributed by atoms with van der Waals surface area (Å²) >= 11 is 0. The van der Waals surface area contributed by atoms with Gasteiger partial charge in [-0.1, -0.05) is 17.7 Å². The molecule has 0 saturated heterocycles. The number of nitrogens with zero attached hydrogens (tertiary/aromatic N) is 1. The molecule has 0 aliphatic rings. The van der Waals surface area contributed by atoms with Crippen LogP contribution in [-0.2, 0) is 4.79 Å². The summed E-state index contributed by atoms with van der Waals surface area (Å²) in [7, 11) is 0. The molecule has 1 N–H and O–H groups in total. The van der Waals surface area contributed by atoms with E-state index in [0.29, 0.717) is 0 Å². The van der Waals surface area contributed by atoms with Crippen molar-refractivity contribution in [2.75, 3.05) is 5.32 Å². The van der Waals surface area contributed by atoms with Crippen LogP contribution in [0.15, 0.2) is 18.2 Å². The van der Waals surface area contributed by atoms with Crippen molar-refractivity contribution in [3.05, 3.63) is 29.3 Å². The zero-order valence-electron chi connectivity index (χ0n) is 9.87. The summed E-state index contributed by atoms with van der Waals surface area (Å²) in [6, 6.07) is 7.90. The number of hydrogen-bond acceptors (Lipinski definition) is 2. The van der Waals surface area contributed by atoms with Crippen molar-refractivity contribution in [3.8, 4) is 6.07 Å². The molecule has 16 heavy (non-hydrogen) atoms. The molecule has 0 bridgehead atoms. The number of anilines is 1. The van der Waals surface area contributed by atoms with Gasteiger partial charge in [-0.25, -0.2) is 0 Å². The molecular formula is C13H16N2O. The summed E-state index contributed by atoms with van der Waals surface area (Å²) in [6.45, 7) is 5.70. The Bertz CT molecular complexity index is 432. The first-order chi connectivity index (χ1) is 7.52. The number of benzene rings is 1. The van der Waals surface area contributed by atoms with E-state index in [-0.39, 0.29) is 18.2 Å². The molecule has 0 fully saturated rings. The van der Waals surface area contributed by atoms with E-state index < -0.39 is 0 Å². The van der Waals surface area contributed by atoms with E-state index >= 15 is 0 Å². The van der Waals surface area contributed by atoms with E-state index in [2.05, 4.69) is 5.32 Å². The van der Waals surface area contributed by atoms with Gasteiger partial charge in [0.25, 0.3) is 0 Å². The van der Waals surface area contributed by atoms with E-state index in [1.165, 1.54) is 5.56 Å². The van der Waals surface area contributed by atoms with Crippen LogP contribution in [0.3, 0.4) is 0 Å². The zero-order valence-corrected chi connectivity index (χ0v) is 9.87. The Morgan fingerprint density at radius 2 is 2.19 bits per heavy atom. The number of carbonyl (C=O) groups excluding carboxylic acids is 1. The molecule has 0 saturated carbocycles. The largest absolute Gasteiger partial charge is 0.326 e. The Labute approximate surface area is 96.1 Å². The van der Waals surface area contributed by atoms with Gasteiger partial charge in [0.2, 0.25) is 5.91 Å². The molecule has 3 heteroatoms. The second kappa shape index (κ2) is 5.32. The number of rotatable bonds is 3. The van der Waals surface area contributed by atoms with Crippen LogP contribution >= 0.6 is 0 Å². The predicted molar refractivity (Wildman–Crippen MR) is 63.9 cm³/mol. The normalized spacial score (nSPS) is 11.6. The maximum Gasteiger partial charge on any atom is 0.225 e. The molecule has 0 radical (unpaired) electrons. The minimum atomic E-state index is -0.245.